The van der Waals surface area contributed by atoms with Crippen molar-refractivity contribution in [3.05, 3.63) is 28.2 Å². The van der Waals surface area contributed by atoms with E-state index in [-0.39, 0.29) is 10.2 Å². The number of nitrogens with two attached hydrogens (primary N) is 1. The highest BCUT2D eigenvalue weighted by Gasteiger charge is 2.32. The molecule has 3 N–H and O–H groups in total. The van der Waals surface area contributed by atoms with E-state index in [4.69, 9.17) is 5.73 Å². The molecule has 0 fully saturated rings. The summed E-state index contributed by atoms with van der Waals surface area (Å²) in [6.45, 7) is 5.33. The molecule has 1 aromatic rings. The molecule has 0 spiro atoms. The van der Waals surface area contributed by atoms with Crippen LogP contribution in [0.1, 0.15) is 26.3 Å². The molecule has 0 bridgehead atoms. The van der Waals surface area contributed by atoms with Crippen LogP contribution in [0.5, 0.6) is 0 Å². The summed E-state index contributed by atoms with van der Waals surface area (Å²) in [6, 6.07) is 2.38. The lowest BCUT2D eigenvalue weighted by atomic mass is 9.87. The SMILES string of the molecule is CC(C)(C)[C@@H](N)C(=O)Nc1cc(Br)cc(C(F)(F)F)c1. The smallest absolute Gasteiger partial charge is 0.325 e. The second-order valence-electron chi connectivity index (χ2n) is 5.56. The van der Waals surface area contributed by atoms with Gasteiger partial charge < -0.3 is 11.1 Å². The summed E-state index contributed by atoms with van der Waals surface area (Å²) < 4.78 is 38.3. The van der Waals surface area contributed by atoms with Gasteiger partial charge in [0.1, 0.15) is 0 Å². The van der Waals surface area contributed by atoms with Gasteiger partial charge in [-0.05, 0) is 23.6 Å². The molecule has 1 amide bonds. The molecular weight excluding hydrogens is 337 g/mol. The zero-order chi connectivity index (χ0) is 15.7. The summed E-state index contributed by atoms with van der Waals surface area (Å²) in [6.07, 6.45) is -4.48. The van der Waals surface area contributed by atoms with Crippen molar-refractivity contribution in [3.8, 4) is 0 Å². The van der Waals surface area contributed by atoms with Gasteiger partial charge in [-0.2, -0.15) is 13.2 Å². The minimum Gasteiger partial charge on any atom is -0.325 e. The van der Waals surface area contributed by atoms with Crippen molar-refractivity contribution < 1.29 is 18.0 Å². The lowest BCUT2D eigenvalue weighted by Crippen LogP contribution is -2.45. The van der Waals surface area contributed by atoms with Gasteiger partial charge in [-0.25, -0.2) is 0 Å². The number of hydrogen-bond donors (Lipinski definition) is 2. The van der Waals surface area contributed by atoms with Gasteiger partial charge in [0.2, 0.25) is 5.91 Å². The zero-order valence-electron chi connectivity index (χ0n) is 11.3. The Hall–Kier alpha value is -1.08. The maximum atomic E-state index is 12.7. The van der Waals surface area contributed by atoms with Crippen molar-refractivity contribution in [1.29, 1.82) is 0 Å². The minimum atomic E-state index is -4.48. The average Bonchev–Trinajstić information content (AvgIpc) is 2.24. The van der Waals surface area contributed by atoms with Crippen LogP contribution in [0.4, 0.5) is 18.9 Å². The second kappa shape index (κ2) is 5.73. The van der Waals surface area contributed by atoms with Gasteiger partial charge in [0, 0.05) is 10.2 Å². The minimum absolute atomic E-state index is 0.0522. The Balaban J connectivity index is 2.99. The third-order valence-corrected chi connectivity index (χ3v) is 3.17. The third-order valence-electron chi connectivity index (χ3n) is 2.71. The molecule has 0 saturated heterocycles. The van der Waals surface area contributed by atoms with Gasteiger partial charge in [-0.1, -0.05) is 36.7 Å². The Labute approximate surface area is 123 Å². The standard InChI is InChI=1S/C13H16BrF3N2O/c1-12(2,3)10(18)11(20)19-9-5-7(13(15,16)17)4-8(14)6-9/h4-6,10H,18H2,1-3H3,(H,19,20)/t10-/m0/s1. The summed E-state index contributed by atoms with van der Waals surface area (Å²) in [5.74, 6) is -0.524. The first kappa shape index (κ1) is 17.0. The number of nitrogens with one attached hydrogen (secondary N) is 1. The van der Waals surface area contributed by atoms with E-state index >= 15 is 0 Å². The van der Waals surface area contributed by atoms with Crippen LogP contribution in [0.15, 0.2) is 22.7 Å². The summed E-state index contributed by atoms with van der Waals surface area (Å²) >= 11 is 2.99. The number of benzene rings is 1. The largest absolute Gasteiger partial charge is 0.416 e. The number of hydrogen-bond acceptors (Lipinski definition) is 2. The monoisotopic (exact) mass is 352 g/mol. The van der Waals surface area contributed by atoms with E-state index in [0.717, 1.165) is 12.1 Å². The number of amides is 1. The van der Waals surface area contributed by atoms with Gasteiger partial charge in [-0.15, -0.1) is 0 Å². The Morgan fingerprint density at radius 3 is 2.25 bits per heavy atom. The molecule has 3 nitrogen and oxygen atoms in total. The maximum Gasteiger partial charge on any atom is 0.416 e. The van der Waals surface area contributed by atoms with Crippen LogP contribution in [0.25, 0.3) is 0 Å². The predicted octanol–water partition coefficient (Wildman–Crippen LogP) is 3.78. The summed E-state index contributed by atoms with van der Waals surface area (Å²) in [7, 11) is 0. The van der Waals surface area contributed by atoms with E-state index in [9.17, 15) is 18.0 Å². The summed E-state index contributed by atoms with van der Waals surface area (Å²) in [5.41, 5.74) is 4.49. The summed E-state index contributed by atoms with van der Waals surface area (Å²) in [4.78, 5) is 11.9. The number of anilines is 1. The van der Waals surface area contributed by atoms with Gasteiger partial charge in [0.15, 0.2) is 0 Å². The van der Waals surface area contributed by atoms with E-state index in [2.05, 4.69) is 21.2 Å². The maximum absolute atomic E-state index is 12.7. The van der Waals surface area contributed by atoms with Crippen LogP contribution in [-0.4, -0.2) is 11.9 Å². The van der Waals surface area contributed by atoms with Crippen LogP contribution < -0.4 is 11.1 Å². The molecule has 7 heteroatoms. The fourth-order valence-electron chi connectivity index (χ4n) is 1.44. The Bertz CT molecular complexity index is 509. The van der Waals surface area contributed by atoms with Crippen molar-refractivity contribution in [3.63, 3.8) is 0 Å². The fraction of sp³-hybridized carbons (Fsp3) is 0.462. The predicted molar refractivity (Wildman–Crippen MR) is 75.2 cm³/mol. The topological polar surface area (TPSA) is 55.1 Å². The highest BCUT2D eigenvalue weighted by atomic mass is 79.9. The van der Waals surface area contributed by atoms with Crippen molar-refractivity contribution in [2.75, 3.05) is 5.32 Å². The van der Waals surface area contributed by atoms with Gasteiger partial charge in [-0.3, -0.25) is 4.79 Å². The highest BCUT2D eigenvalue weighted by Crippen LogP contribution is 2.33. The Morgan fingerprint density at radius 1 is 1.25 bits per heavy atom. The number of rotatable bonds is 2. The molecule has 1 atom stereocenters. The van der Waals surface area contributed by atoms with Crippen molar-refractivity contribution in [1.82, 2.24) is 0 Å². The number of carbonyl (C=O) groups excluding carboxylic acids is 1. The molecule has 112 valence electrons. The first-order valence-electron chi connectivity index (χ1n) is 5.85. The molecule has 0 unspecified atom stereocenters. The number of halogens is 4. The summed E-state index contributed by atoms with van der Waals surface area (Å²) in [5, 5.41) is 2.41. The van der Waals surface area contributed by atoms with E-state index in [1.807, 2.05) is 0 Å². The molecular formula is C13H16BrF3N2O. The third kappa shape index (κ3) is 4.49. The van der Waals surface area contributed by atoms with Crippen molar-refractivity contribution >= 4 is 27.5 Å². The molecule has 1 aromatic carbocycles. The van der Waals surface area contributed by atoms with E-state index < -0.39 is 29.1 Å². The molecule has 0 aliphatic carbocycles. The number of carbonyl (C=O) groups is 1. The zero-order valence-corrected chi connectivity index (χ0v) is 12.9. The van der Waals surface area contributed by atoms with Crippen molar-refractivity contribution in [2.45, 2.75) is 33.0 Å². The lowest BCUT2D eigenvalue weighted by Gasteiger charge is -2.26. The van der Waals surface area contributed by atoms with Crippen LogP contribution in [-0.2, 0) is 11.0 Å². The molecule has 20 heavy (non-hydrogen) atoms. The molecule has 0 aliphatic heterocycles. The van der Waals surface area contributed by atoms with Crippen molar-refractivity contribution in [2.24, 2.45) is 11.1 Å². The van der Waals surface area contributed by atoms with E-state index in [1.54, 1.807) is 20.8 Å². The molecule has 0 saturated carbocycles. The van der Waals surface area contributed by atoms with Crippen LogP contribution in [0.2, 0.25) is 0 Å². The molecule has 0 radical (unpaired) electrons. The molecule has 0 heterocycles. The average molecular weight is 353 g/mol. The quantitative estimate of drug-likeness (QED) is 0.850. The fourth-order valence-corrected chi connectivity index (χ4v) is 1.93. The van der Waals surface area contributed by atoms with E-state index in [0.29, 0.717) is 0 Å². The second-order valence-corrected chi connectivity index (χ2v) is 6.47. The normalized spacial score (nSPS) is 14.0. The first-order chi connectivity index (χ1) is 8.91. The Morgan fingerprint density at radius 2 is 1.80 bits per heavy atom. The molecule has 0 aromatic heterocycles. The van der Waals surface area contributed by atoms with E-state index in [1.165, 1.54) is 6.07 Å². The number of alkyl halides is 3. The Kier molecular flexibility index (Phi) is 4.86. The highest BCUT2D eigenvalue weighted by molar-refractivity contribution is 9.10. The molecule has 0 aliphatic rings. The first-order valence-corrected chi connectivity index (χ1v) is 6.65. The lowest BCUT2D eigenvalue weighted by molar-refractivity contribution is -0.137. The molecule has 1 rings (SSSR count). The van der Waals surface area contributed by atoms with Crippen LogP contribution in [0.3, 0.4) is 0 Å². The van der Waals surface area contributed by atoms with Gasteiger partial charge in [0.05, 0.1) is 11.6 Å². The van der Waals surface area contributed by atoms with Gasteiger partial charge >= 0.3 is 6.18 Å². The van der Waals surface area contributed by atoms with Gasteiger partial charge in [0.25, 0.3) is 0 Å². The van der Waals surface area contributed by atoms with Crippen LogP contribution >= 0.6 is 15.9 Å². The van der Waals surface area contributed by atoms with Crippen LogP contribution in [0, 0.1) is 5.41 Å².